The molecule has 4 N–H and O–H groups in total. The monoisotopic (exact) mass is 295 g/mol. The fourth-order valence-corrected chi connectivity index (χ4v) is 1.77. The van der Waals surface area contributed by atoms with Gasteiger partial charge in [0.15, 0.2) is 0 Å². The SMILES string of the molecule is CC(C)(CCC(=O)O)NC(=O)c1cccc([N+](=O)[O-])c1N. The zero-order valence-corrected chi connectivity index (χ0v) is 11.8. The number of nitrogens with zero attached hydrogens (tertiary/aromatic N) is 1. The number of carbonyl (C=O) groups excluding carboxylic acids is 1. The summed E-state index contributed by atoms with van der Waals surface area (Å²) < 4.78 is 0. The summed E-state index contributed by atoms with van der Waals surface area (Å²) in [5.41, 5.74) is 4.30. The molecule has 0 heterocycles. The zero-order valence-electron chi connectivity index (χ0n) is 11.8. The van der Waals surface area contributed by atoms with Gasteiger partial charge in [0.05, 0.1) is 10.5 Å². The molecule has 0 aromatic heterocycles. The molecule has 0 radical (unpaired) electrons. The van der Waals surface area contributed by atoms with Crippen molar-refractivity contribution in [3.8, 4) is 0 Å². The third-order valence-corrected chi connectivity index (χ3v) is 2.94. The molecule has 0 aliphatic rings. The molecule has 0 spiro atoms. The van der Waals surface area contributed by atoms with Crippen LogP contribution in [0.3, 0.4) is 0 Å². The highest BCUT2D eigenvalue weighted by Crippen LogP contribution is 2.25. The van der Waals surface area contributed by atoms with Crippen molar-refractivity contribution in [2.75, 3.05) is 5.73 Å². The van der Waals surface area contributed by atoms with Crippen LogP contribution in [0.25, 0.3) is 0 Å². The van der Waals surface area contributed by atoms with Gasteiger partial charge in [-0.15, -0.1) is 0 Å². The summed E-state index contributed by atoms with van der Waals surface area (Å²) in [7, 11) is 0. The highest BCUT2D eigenvalue weighted by atomic mass is 16.6. The van der Waals surface area contributed by atoms with Crippen molar-refractivity contribution in [1.82, 2.24) is 5.32 Å². The molecule has 0 unspecified atom stereocenters. The smallest absolute Gasteiger partial charge is 0.303 e. The van der Waals surface area contributed by atoms with Crippen molar-refractivity contribution >= 4 is 23.3 Å². The molecule has 1 aromatic carbocycles. The van der Waals surface area contributed by atoms with E-state index in [1.54, 1.807) is 13.8 Å². The lowest BCUT2D eigenvalue weighted by Gasteiger charge is -2.25. The third kappa shape index (κ3) is 4.44. The Morgan fingerprint density at radius 3 is 2.57 bits per heavy atom. The van der Waals surface area contributed by atoms with E-state index in [9.17, 15) is 19.7 Å². The third-order valence-electron chi connectivity index (χ3n) is 2.94. The Bertz CT molecular complexity index is 583. The maximum Gasteiger partial charge on any atom is 0.303 e. The molecule has 1 rings (SSSR count). The molecule has 0 bridgehead atoms. The lowest BCUT2D eigenvalue weighted by atomic mass is 9.97. The van der Waals surface area contributed by atoms with E-state index in [-0.39, 0.29) is 29.8 Å². The Balaban J connectivity index is 2.92. The molecule has 1 aromatic rings. The number of nitrogens with one attached hydrogen (secondary N) is 1. The first-order valence-electron chi connectivity index (χ1n) is 6.21. The predicted molar refractivity (Wildman–Crippen MR) is 75.9 cm³/mol. The summed E-state index contributed by atoms with van der Waals surface area (Å²) in [4.78, 5) is 32.8. The number of anilines is 1. The number of nitro groups is 1. The van der Waals surface area contributed by atoms with Crippen LogP contribution in [0.5, 0.6) is 0 Å². The first kappa shape index (κ1) is 16.4. The number of nitrogen functional groups attached to an aromatic ring is 1. The second-order valence-electron chi connectivity index (χ2n) is 5.23. The summed E-state index contributed by atoms with van der Waals surface area (Å²) in [5, 5.41) is 22.1. The molecule has 8 nitrogen and oxygen atoms in total. The molecule has 0 aliphatic carbocycles. The molecular formula is C13H17N3O5. The van der Waals surface area contributed by atoms with Crippen LogP contribution in [0.15, 0.2) is 18.2 Å². The molecule has 114 valence electrons. The molecule has 0 fully saturated rings. The van der Waals surface area contributed by atoms with Crippen molar-refractivity contribution in [1.29, 1.82) is 0 Å². The van der Waals surface area contributed by atoms with E-state index in [4.69, 9.17) is 10.8 Å². The number of carbonyl (C=O) groups is 2. The number of carboxylic acids is 1. The van der Waals surface area contributed by atoms with E-state index < -0.39 is 22.3 Å². The first-order valence-corrected chi connectivity index (χ1v) is 6.21. The minimum Gasteiger partial charge on any atom is -0.481 e. The minimum absolute atomic E-state index is 0.00685. The van der Waals surface area contributed by atoms with Gasteiger partial charge in [0.2, 0.25) is 0 Å². The standard InChI is InChI=1S/C13H17N3O5/c1-13(2,7-6-10(17)18)15-12(19)8-4-3-5-9(11(8)14)16(20)21/h3-5H,6-7,14H2,1-2H3,(H,15,19)(H,17,18). The van der Waals surface area contributed by atoms with E-state index in [1.165, 1.54) is 18.2 Å². The van der Waals surface area contributed by atoms with Gasteiger partial charge in [-0.1, -0.05) is 6.07 Å². The van der Waals surface area contributed by atoms with Gasteiger partial charge in [-0.05, 0) is 26.3 Å². The highest BCUT2D eigenvalue weighted by Gasteiger charge is 2.25. The topological polar surface area (TPSA) is 136 Å². The molecule has 0 saturated carbocycles. The number of nitrogens with two attached hydrogens (primary N) is 1. The number of benzene rings is 1. The zero-order chi connectivity index (χ0) is 16.2. The van der Waals surface area contributed by atoms with Crippen LogP contribution in [0, 0.1) is 10.1 Å². The summed E-state index contributed by atoms with van der Waals surface area (Å²) in [6.45, 7) is 3.34. The lowest BCUT2D eigenvalue weighted by Crippen LogP contribution is -2.43. The molecule has 0 aliphatic heterocycles. The van der Waals surface area contributed by atoms with Crippen LogP contribution in [0.2, 0.25) is 0 Å². The molecule has 21 heavy (non-hydrogen) atoms. The summed E-state index contributed by atoms with van der Waals surface area (Å²) in [5.74, 6) is -1.54. The van der Waals surface area contributed by atoms with Gasteiger partial charge in [0.25, 0.3) is 11.6 Å². The molecular weight excluding hydrogens is 278 g/mol. The van der Waals surface area contributed by atoms with E-state index in [0.29, 0.717) is 0 Å². The first-order chi connectivity index (χ1) is 9.64. The predicted octanol–water partition coefficient (Wildman–Crippen LogP) is 1.55. The Morgan fingerprint density at radius 2 is 2.05 bits per heavy atom. The van der Waals surface area contributed by atoms with Crippen molar-refractivity contribution < 1.29 is 19.6 Å². The molecule has 8 heteroatoms. The van der Waals surface area contributed by atoms with Gasteiger partial charge in [-0.3, -0.25) is 19.7 Å². The van der Waals surface area contributed by atoms with E-state index in [0.717, 1.165) is 0 Å². The van der Waals surface area contributed by atoms with Crippen LogP contribution >= 0.6 is 0 Å². The number of rotatable bonds is 6. The van der Waals surface area contributed by atoms with Gasteiger partial charge < -0.3 is 16.2 Å². The van der Waals surface area contributed by atoms with E-state index in [1.807, 2.05) is 0 Å². The number of hydrogen-bond donors (Lipinski definition) is 3. The van der Waals surface area contributed by atoms with E-state index in [2.05, 4.69) is 5.32 Å². The maximum absolute atomic E-state index is 12.1. The largest absolute Gasteiger partial charge is 0.481 e. The van der Waals surface area contributed by atoms with Gasteiger partial charge in [0.1, 0.15) is 5.69 Å². The number of amides is 1. The fraction of sp³-hybridized carbons (Fsp3) is 0.385. The Hall–Kier alpha value is -2.64. The summed E-state index contributed by atoms with van der Waals surface area (Å²) in [6.07, 6.45) is 0.126. The number of nitro benzene ring substituents is 1. The number of carboxylic acid groups (broad SMARTS) is 1. The van der Waals surface area contributed by atoms with Crippen molar-refractivity contribution in [2.45, 2.75) is 32.2 Å². The quantitative estimate of drug-likeness (QED) is 0.414. The summed E-state index contributed by atoms with van der Waals surface area (Å²) in [6, 6.07) is 3.96. The average Bonchev–Trinajstić information content (AvgIpc) is 2.35. The Kier molecular flexibility index (Phi) is 4.85. The Morgan fingerprint density at radius 1 is 1.43 bits per heavy atom. The van der Waals surface area contributed by atoms with E-state index >= 15 is 0 Å². The molecule has 0 atom stereocenters. The van der Waals surface area contributed by atoms with Crippen LogP contribution in [0.1, 0.15) is 37.0 Å². The van der Waals surface area contributed by atoms with Crippen molar-refractivity contribution in [3.63, 3.8) is 0 Å². The van der Waals surface area contributed by atoms with Gasteiger partial charge in [-0.2, -0.15) is 0 Å². The lowest BCUT2D eigenvalue weighted by molar-refractivity contribution is -0.383. The number of para-hydroxylation sites is 1. The van der Waals surface area contributed by atoms with Crippen molar-refractivity contribution in [2.24, 2.45) is 0 Å². The van der Waals surface area contributed by atoms with Crippen LogP contribution in [0.4, 0.5) is 11.4 Å². The number of aliphatic carboxylic acids is 1. The fourth-order valence-electron chi connectivity index (χ4n) is 1.77. The normalized spacial score (nSPS) is 11.0. The summed E-state index contributed by atoms with van der Waals surface area (Å²) >= 11 is 0. The molecule has 1 amide bonds. The highest BCUT2D eigenvalue weighted by molar-refractivity contribution is 6.01. The second-order valence-corrected chi connectivity index (χ2v) is 5.23. The molecule has 0 saturated heterocycles. The minimum atomic E-state index is -0.966. The average molecular weight is 295 g/mol. The van der Waals surface area contributed by atoms with Crippen LogP contribution < -0.4 is 11.1 Å². The maximum atomic E-state index is 12.1. The van der Waals surface area contributed by atoms with Crippen molar-refractivity contribution in [3.05, 3.63) is 33.9 Å². The van der Waals surface area contributed by atoms with Gasteiger partial charge >= 0.3 is 5.97 Å². The van der Waals surface area contributed by atoms with Gasteiger partial charge in [0, 0.05) is 18.0 Å². The van der Waals surface area contributed by atoms with Crippen LogP contribution in [-0.2, 0) is 4.79 Å². The number of hydrogen-bond acceptors (Lipinski definition) is 5. The van der Waals surface area contributed by atoms with Gasteiger partial charge in [-0.25, -0.2) is 0 Å². The second kappa shape index (κ2) is 6.21. The van der Waals surface area contributed by atoms with Crippen LogP contribution in [-0.4, -0.2) is 27.4 Å². The Labute approximate surface area is 121 Å².